The molecule has 1 amide bonds. The van der Waals surface area contributed by atoms with Crippen molar-refractivity contribution < 1.29 is 9.53 Å². The van der Waals surface area contributed by atoms with E-state index in [2.05, 4.69) is 27.8 Å². The molecule has 1 saturated heterocycles. The summed E-state index contributed by atoms with van der Waals surface area (Å²) in [7, 11) is 0. The summed E-state index contributed by atoms with van der Waals surface area (Å²) in [5.74, 6) is 0.450. The summed E-state index contributed by atoms with van der Waals surface area (Å²) in [6.45, 7) is 3.64. The van der Waals surface area contributed by atoms with Crippen LogP contribution in [0.5, 0.6) is 5.75 Å². The predicted molar refractivity (Wildman–Crippen MR) is 99.1 cm³/mol. The van der Waals surface area contributed by atoms with Crippen LogP contribution < -0.4 is 15.4 Å². The number of carbonyl (C=O) groups excluding carboxylic acids is 1. The Morgan fingerprint density at radius 2 is 2.12 bits per heavy atom. The SMILES string of the molecule is CCOc1ccc(C(=O)Nc2ccc(CCC3CCCN3)cc2)nc1. The van der Waals surface area contributed by atoms with Gasteiger partial charge in [0.2, 0.25) is 0 Å². The van der Waals surface area contributed by atoms with Crippen molar-refractivity contribution >= 4 is 11.6 Å². The van der Waals surface area contributed by atoms with Crippen LogP contribution in [0.25, 0.3) is 0 Å². The summed E-state index contributed by atoms with van der Waals surface area (Å²) < 4.78 is 5.33. The van der Waals surface area contributed by atoms with Crippen molar-refractivity contribution in [3.05, 3.63) is 53.9 Å². The van der Waals surface area contributed by atoms with E-state index in [9.17, 15) is 4.79 Å². The highest BCUT2D eigenvalue weighted by atomic mass is 16.5. The Kier molecular flexibility index (Phi) is 6.01. The Balaban J connectivity index is 1.52. The highest BCUT2D eigenvalue weighted by Crippen LogP contribution is 2.16. The van der Waals surface area contributed by atoms with Gasteiger partial charge in [0.25, 0.3) is 5.91 Å². The van der Waals surface area contributed by atoms with Crippen LogP contribution >= 0.6 is 0 Å². The number of hydrogen-bond acceptors (Lipinski definition) is 4. The average molecular weight is 339 g/mol. The van der Waals surface area contributed by atoms with Crippen molar-refractivity contribution in [1.29, 1.82) is 0 Å². The number of ether oxygens (including phenoxy) is 1. The first kappa shape index (κ1) is 17.4. The molecule has 1 fully saturated rings. The van der Waals surface area contributed by atoms with Gasteiger partial charge in [0.05, 0.1) is 12.8 Å². The molecule has 3 rings (SSSR count). The van der Waals surface area contributed by atoms with E-state index >= 15 is 0 Å². The first-order chi connectivity index (χ1) is 12.2. The van der Waals surface area contributed by atoms with Gasteiger partial charge in [-0.3, -0.25) is 4.79 Å². The van der Waals surface area contributed by atoms with Gasteiger partial charge in [-0.2, -0.15) is 0 Å². The zero-order chi connectivity index (χ0) is 17.5. The molecule has 2 heterocycles. The maximum absolute atomic E-state index is 12.2. The van der Waals surface area contributed by atoms with E-state index in [1.54, 1.807) is 18.3 Å². The molecule has 0 aliphatic carbocycles. The summed E-state index contributed by atoms with van der Waals surface area (Å²) >= 11 is 0. The fourth-order valence-electron chi connectivity index (χ4n) is 3.06. The van der Waals surface area contributed by atoms with Crippen LogP contribution in [0.2, 0.25) is 0 Å². The normalized spacial score (nSPS) is 16.6. The fraction of sp³-hybridized carbons (Fsp3) is 0.400. The van der Waals surface area contributed by atoms with Gasteiger partial charge in [0.1, 0.15) is 11.4 Å². The van der Waals surface area contributed by atoms with Crippen molar-refractivity contribution in [2.75, 3.05) is 18.5 Å². The van der Waals surface area contributed by atoms with E-state index in [0.29, 0.717) is 24.1 Å². The highest BCUT2D eigenvalue weighted by Gasteiger charge is 2.13. The second-order valence-corrected chi connectivity index (χ2v) is 6.30. The van der Waals surface area contributed by atoms with E-state index in [0.717, 1.165) is 18.7 Å². The van der Waals surface area contributed by atoms with Crippen molar-refractivity contribution in [2.24, 2.45) is 0 Å². The van der Waals surface area contributed by atoms with Crippen molar-refractivity contribution in [3.63, 3.8) is 0 Å². The topological polar surface area (TPSA) is 63.2 Å². The summed E-state index contributed by atoms with van der Waals surface area (Å²) in [6.07, 6.45) is 6.37. The van der Waals surface area contributed by atoms with Gasteiger partial charge in [-0.1, -0.05) is 12.1 Å². The fourth-order valence-corrected chi connectivity index (χ4v) is 3.06. The molecule has 1 aromatic heterocycles. The van der Waals surface area contributed by atoms with Crippen LogP contribution in [0.1, 0.15) is 42.2 Å². The molecule has 1 aromatic carbocycles. The lowest BCUT2D eigenvalue weighted by Crippen LogP contribution is -2.21. The molecular formula is C20H25N3O2. The van der Waals surface area contributed by atoms with Gasteiger partial charge >= 0.3 is 0 Å². The number of hydrogen-bond donors (Lipinski definition) is 2. The van der Waals surface area contributed by atoms with E-state index in [1.807, 2.05) is 19.1 Å². The molecule has 25 heavy (non-hydrogen) atoms. The Morgan fingerprint density at radius 1 is 1.28 bits per heavy atom. The minimum Gasteiger partial charge on any atom is -0.492 e. The molecule has 1 aliphatic rings. The number of anilines is 1. The first-order valence-electron chi connectivity index (χ1n) is 8.97. The standard InChI is InChI=1S/C20H25N3O2/c1-2-25-18-11-12-19(22-14-18)20(24)23-17-9-6-15(7-10-17)5-8-16-4-3-13-21-16/h6-7,9-12,14,16,21H,2-5,8,13H2,1H3,(H,23,24). The molecule has 1 unspecified atom stereocenters. The van der Waals surface area contributed by atoms with Crippen LogP contribution in [-0.4, -0.2) is 30.1 Å². The highest BCUT2D eigenvalue weighted by molar-refractivity contribution is 6.02. The molecule has 0 bridgehead atoms. The van der Waals surface area contributed by atoms with Crippen molar-refractivity contribution in [1.82, 2.24) is 10.3 Å². The Labute approximate surface area is 148 Å². The van der Waals surface area contributed by atoms with Gasteiger partial charge < -0.3 is 15.4 Å². The number of aryl methyl sites for hydroxylation is 1. The molecule has 0 radical (unpaired) electrons. The summed E-state index contributed by atoms with van der Waals surface area (Å²) in [4.78, 5) is 16.4. The third-order valence-electron chi connectivity index (χ3n) is 4.44. The number of pyridine rings is 1. The molecule has 2 N–H and O–H groups in total. The molecule has 5 nitrogen and oxygen atoms in total. The van der Waals surface area contributed by atoms with Gasteiger partial charge in [-0.25, -0.2) is 4.98 Å². The molecule has 1 atom stereocenters. The second-order valence-electron chi connectivity index (χ2n) is 6.30. The van der Waals surface area contributed by atoms with E-state index in [-0.39, 0.29) is 5.91 Å². The number of nitrogens with one attached hydrogen (secondary N) is 2. The largest absolute Gasteiger partial charge is 0.492 e. The predicted octanol–water partition coefficient (Wildman–Crippen LogP) is 3.42. The third kappa shape index (κ3) is 5.03. The number of aromatic nitrogens is 1. The van der Waals surface area contributed by atoms with Gasteiger partial charge in [-0.05, 0) is 69.0 Å². The van der Waals surface area contributed by atoms with Crippen LogP contribution in [0.15, 0.2) is 42.6 Å². The summed E-state index contributed by atoms with van der Waals surface area (Å²) in [5, 5.41) is 6.40. The molecule has 2 aromatic rings. The molecule has 5 heteroatoms. The summed E-state index contributed by atoms with van der Waals surface area (Å²) in [5.41, 5.74) is 2.45. The second kappa shape index (κ2) is 8.62. The number of rotatable bonds is 7. The van der Waals surface area contributed by atoms with Gasteiger partial charge in [0, 0.05) is 11.7 Å². The minimum absolute atomic E-state index is 0.217. The number of benzene rings is 1. The lowest BCUT2D eigenvalue weighted by atomic mass is 10.0. The van der Waals surface area contributed by atoms with Crippen LogP contribution in [0.3, 0.4) is 0 Å². The third-order valence-corrected chi connectivity index (χ3v) is 4.44. The Hall–Kier alpha value is -2.40. The first-order valence-corrected chi connectivity index (χ1v) is 8.97. The maximum Gasteiger partial charge on any atom is 0.274 e. The number of amides is 1. The molecule has 0 saturated carbocycles. The van der Waals surface area contributed by atoms with E-state index < -0.39 is 0 Å². The molecule has 132 valence electrons. The zero-order valence-electron chi connectivity index (χ0n) is 14.6. The minimum atomic E-state index is -0.217. The Bertz CT molecular complexity index is 677. The van der Waals surface area contributed by atoms with E-state index in [4.69, 9.17) is 4.74 Å². The monoisotopic (exact) mass is 339 g/mol. The quantitative estimate of drug-likeness (QED) is 0.811. The zero-order valence-corrected chi connectivity index (χ0v) is 14.6. The Morgan fingerprint density at radius 3 is 2.76 bits per heavy atom. The maximum atomic E-state index is 12.2. The van der Waals surface area contributed by atoms with Crippen molar-refractivity contribution in [2.45, 2.75) is 38.6 Å². The van der Waals surface area contributed by atoms with Gasteiger partial charge in [0.15, 0.2) is 0 Å². The lowest BCUT2D eigenvalue weighted by Gasteiger charge is -2.10. The van der Waals surface area contributed by atoms with E-state index in [1.165, 1.54) is 24.8 Å². The van der Waals surface area contributed by atoms with Crippen molar-refractivity contribution in [3.8, 4) is 5.75 Å². The lowest BCUT2D eigenvalue weighted by molar-refractivity contribution is 0.102. The molecular weight excluding hydrogens is 314 g/mol. The van der Waals surface area contributed by atoms with Crippen LogP contribution in [-0.2, 0) is 6.42 Å². The number of carbonyl (C=O) groups is 1. The average Bonchev–Trinajstić information content (AvgIpc) is 3.15. The van der Waals surface area contributed by atoms with Gasteiger partial charge in [-0.15, -0.1) is 0 Å². The molecule has 1 aliphatic heterocycles. The van der Waals surface area contributed by atoms with Crippen LogP contribution in [0, 0.1) is 0 Å². The van der Waals surface area contributed by atoms with Crippen LogP contribution in [0.4, 0.5) is 5.69 Å². The smallest absolute Gasteiger partial charge is 0.274 e. The number of nitrogens with zero attached hydrogens (tertiary/aromatic N) is 1. The molecule has 0 spiro atoms. The summed E-state index contributed by atoms with van der Waals surface area (Å²) in [6, 6.07) is 12.1.